The van der Waals surface area contributed by atoms with Crippen molar-refractivity contribution in [1.29, 1.82) is 0 Å². The van der Waals surface area contributed by atoms with E-state index >= 15 is 0 Å². The van der Waals surface area contributed by atoms with Crippen molar-refractivity contribution < 1.29 is 19.1 Å². The molecule has 0 bridgehead atoms. The molecule has 202 valence electrons. The van der Waals surface area contributed by atoms with Gasteiger partial charge in [0, 0.05) is 22.9 Å². The van der Waals surface area contributed by atoms with Crippen LogP contribution in [0.2, 0.25) is 0 Å². The highest BCUT2D eigenvalue weighted by molar-refractivity contribution is 6.07. The number of amides is 1. The number of ether oxygens (including phenoxy) is 2. The molecule has 41 heavy (non-hydrogen) atoms. The number of methoxy groups -OCH3 is 1. The summed E-state index contributed by atoms with van der Waals surface area (Å²) in [6, 6.07) is 34.8. The summed E-state index contributed by atoms with van der Waals surface area (Å²) in [7, 11) is 1.64. The number of fused-ring (bicyclic) bond motifs is 3. The Labute approximate surface area is 237 Å². The number of anilines is 1. The van der Waals surface area contributed by atoms with Crippen molar-refractivity contribution >= 4 is 50.0 Å². The summed E-state index contributed by atoms with van der Waals surface area (Å²) in [5.74, 6) is -0.0748. The van der Waals surface area contributed by atoms with Gasteiger partial charge in [0.2, 0.25) is 0 Å². The predicted molar refractivity (Wildman–Crippen MR) is 163 cm³/mol. The zero-order valence-corrected chi connectivity index (χ0v) is 22.8. The quantitative estimate of drug-likeness (QED) is 0.197. The lowest BCUT2D eigenvalue weighted by Crippen LogP contribution is -2.34. The molecule has 1 heterocycles. The highest BCUT2D eigenvalue weighted by atomic mass is 16.5. The van der Waals surface area contributed by atoms with Gasteiger partial charge in [-0.15, -0.1) is 0 Å². The van der Waals surface area contributed by atoms with Gasteiger partial charge in [-0.1, -0.05) is 72.8 Å². The molecule has 0 saturated heterocycles. The minimum atomic E-state index is -0.572. The Balaban J connectivity index is 1.29. The normalized spacial score (nSPS) is 11.1. The lowest BCUT2D eigenvalue weighted by Gasteiger charge is -2.22. The third-order valence-corrected chi connectivity index (χ3v) is 7.28. The second-order valence-electron chi connectivity index (χ2n) is 9.71. The van der Waals surface area contributed by atoms with Gasteiger partial charge in [0.1, 0.15) is 5.75 Å². The number of aromatic nitrogens is 1. The van der Waals surface area contributed by atoms with Crippen molar-refractivity contribution in [2.45, 2.75) is 6.92 Å². The van der Waals surface area contributed by atoms with Gasteiger partial charge in [0.05, 0.1) is 29.6 Å². The molecular formula is C35H28N2O4. The number of carbonyl (C=O) groups excluding carboxylic acids is 2. The Kier molecular flexibility index (Phi) is 7.04. The van der Waals surface area contributed by atoms with Crippen LogP contribution >= 0.6 is 0 Å². The summed E-state index contributed by atoms with van der Waals surface area (Å²) >= 11 is 0. The topological polar surface area (TPSA) is 68.7 Å². The van der Waals surface area contributed by atoms with Gasteiger partial charge in [-0.3, -0.25) is 4.79 Å². The first kappa shape index (κ1) is 26.0. The Morgan fingerprint density at radius 2 is 1.49 bits per heavy atom. The van der Waals surface area contributed by atoms with Crippen molar-refractivity contribution in [1.82, 2.24) is 4.98 Å². The molecule has 0 fully saturated rings. The van der Waals surface area contributed by atoms with Crippen LogP contribution in [0.1, 0.15) is 17.3 Å². The zero-order chi connectivity index (χ0) is 28.3. The van der Waals surface area contributed by atoms with Crippen molar-refractivity contribution in [3.8, 4) is 17.0 Å². The number of carbonyl (C=O) groups is 2. The van der Waals surface area contributed by atoms with Crippen LogP contribution in [-0.2, 0) is 9.53 Å². The Hall–Kier alpha value is -5.23. The minimum Gasteiger partial charge on any atom is -0.497 e. The fourth-order valence-corrected chi connectivity index (χ4v) is 5.21. The number of esters is 1. The van der Waals surface area contributed by atoms with E-state index in [0.29, 0.717) is 28.7 Å². The van der Waals surface area contributed by atoms with Crippen molar-refractivity contribution in [2.24, 2.45) is 0 Å². The van der Waals surface area contributed by atoms with Gasteiger partial charge >= 0.3 is 5.97 Å². The number of hydrogen-bond acceptors (Lipinski definition) is 5. The summed E-state index contributed by atoms with van der Waals surface area (Å²) in [6.07, 6.45) is 0. The molecular weight excluding hydrogens is 512 g/mol. The second-order valence-corrected chi connectivity index (χ2v) is 9.71. The van der Waals surface area contributed by atoms with Crippen LogP contribution < -0.4 is 9.64 Å². The molecule has 0 atom stereocenters. The Morgan fingerprint density at radius 1 is 0.756 bits per heavy atom. The molecule has 6 heteroatoms. The fraction of sp³-hybridized carbons (Fsp3) is 0.114. The number of benzene rings is 5. The van der Waals surface area contributed by atoms with E-state index in [0.717, 1.165) is 38.5 Å². The fourth-order valence-electron chi connectivity index (χ4n) is 5.21. The number of hydrogen-bond donors (Lipinski definition) is 0. The first-order chi connectivity index (χ1) is 20.1. The number of likely N-dealkylation sites (N-methyl/N-ethyl adjacent to an activating group) is 1. The van der Waals surface area contributed by atoms with Crippen molar-refractivity contribution in [2.75, 3.05) is 25.2 Å². The molecule has 6 aromatic rings. The molecule has 0 unspecified atom stereocenters. The molecule has 0 N–H and O–H groups in total. The van der Waals surface area contributed by atoms with Gasteiger partial charge in [0.15, 0.2) is 6.61 Å². The van der Waals surface area contributed by atoms with Crippen molar-refractivity contribution in [3.05, 3.63) is 115 Å². The van der Waals surface area contributed by atoms with E-state index < -0.39 is 5.97 Å². The molecule has 0 aliphatic rings. The summed E-state index contributed by atoms with van der Waals surface area (Å²) in [4.78, 5) is 33.2. The van der Waals surface area contributed by atoms with Gasteiger partial charge in [-0.25, -0.2) is 9.78 Å². The average molecular weight is 541 g/mol. The number of rotatable bonds is 7. The van der Waals surface area contributed by atoms with Gasteiger partial charge in [0.25, 0.3) is 5.91 Å². The molecule has 6 nitrogen and oxygen atoms in total. The highest BCUT2D eigenvalue weighted by Gasteiger charge is 2.21. The summed E-state index contributed by atoms with van der Waals surface area (Å²) in [6.45, 7) is 1.98. The number of pyridine rings is 1. The van der Waals surface area contributed by atoms with E-state index in [1.807, 2.05) is 110 Å². The van der Waals surface area contributed by atoms with Crippen LogP contribution in [0.4, 0.5) is 5.69 Å². The lowest BCUT2D eigenvalue weighted by atomic mass is 10.0. The van der Waals surface area contributed by atoms with E-state index in [-0.39, 0.29) is 12.5 Å². The summed E-state index contributed by atoms with van der Waals surface area (Å²) in [5, 5.41) is 4.74. The molecule has 0 radical (unpaired) electrons. The molecule has 0 aliphatic carbocycles. The van der Waals surface area contributed by atoms with Gasteiger partial charge in [-0.05, 0) is 59.5 Å². The van der Waals surface area contributed by atoms with E-state index in [4.69, 9.17) is 14.5 Å². The Morgan fingerprint density at radius 3 is 2.32 bits per heavy atom. The average Bonchev–Trinajstić information content (AvgIpc) is 3.03. The van der Waals surface area contributed by atoms with Crippen LogP contribution in [0.25, 0.3) is 43.7 Å². The largest absolute Gasteiger partial charge is 0.497 e. The second kappa shape index (κ2) is 11.1. The third-order valence-electron chi connectivity index (χ3n) is 7.28. The van der Waals surface area contributed by atoms with E-state index in [2.05, 4.69) is 0 Å². The number of para-hydroxylation sites is 1. The molecule has 0 spiro atoms. The van der Waals surface area contributed by atoms with E-state index in [1.165, 1.54) is 0 Å². The van der Waals surface area contributed by atoms with Crippen LogP contribution in [0.5, 0.6) is 5.75 Å². The van der Waals surface area contributed by atoms with Crippen molar-refractivity contribution in [3.63, 3.8) is 0 Å². The first-order valence-corrected chi connectivity index (χ1v) is 13.5. The standard InChI is InChI=1S/C35H28N2O4/c1-3-37(33-14-8-10-23-9-4-5-11-28(23)33)34(38)22-41-35(39)30-21-32(36-31-13-7-6-12-29(30)31)26-16-15-25-20-27(40-2)18-17-24(25)19-26/h4-21H,3,22H2,1-2H3. The summed E-state index contributed by atoms with van der Waals surface area (Å²) < 4.78 is 11.0. The van der Waals surface area contributed by atoms with E-state index in [1.54, 1.807) is 18.1 Å². The molecule has 5 aromatic carbocycles. The molecule has 0 aliphatic heterocycles. The maximum absolute atomic E-state index is 13.5. The Bertz CT molecular complexity index is 1930. The lowest BCUT2D eigenvalue weighted by molar-refractivity contribution is -0.121. The van der Waals surface area contributed by atoms with Gasteiger partial charge in [-0.2, -0.15) is 0 Å². The summed E-state index contributed by atoms with van der Waals surface area (Å²) in [5.41, 5.74) is 3.33. The molecule has 6 rings (SSSR count). The minimum absolute atomic E-state index is 0.291. The zero-order valence-electron chi connectivity index (χ0n) is 22.8. The maximum atomic E-state index is 13.5. The third kappa shape index (κ3) is 5.08. The van der Waals surface area contributed by atoms with Crippen LogP contribution in [0, 0.1) is 0 Å². The SMILES string of the molecule is CCN(C(=O)COC(=O)c1cc(-c2ccc3cc(OC)ccc3c2)nc2ccccc12)c1cccc2ccccc12. The highest BCUT2D eigenvalue weighted by Crippen LogP contribution is 2.30. The maximum Gasteiger partial charge on any atom is 0.339 e. The molecule has 1 aromatic heterocycles. The van der Waals surface area contributed by atoms with E-state index in [9.17, 15) is 9.59 Å². The molecule has 1 amide bonds. The van der Waals surface area contributed by atoms with Crippen LogP contribution in [0.3, 0.4) is 0 Å². The van der Waals surface area contributed by atoms with Gasteiger partial charge < -0.3 is 14.4 Å². The predicted octanol–water partition coefficient (Wildman–Crippen LogP) is 7.43. The number of nitrogens with zero attached hydrogens (tertiary/aromatic N) is 2. The van der Waals surface area contributed by atoms with Crippen LogP contribution in [-0.4, -0.2) is 37.1 Å². The van der Waals surface area contributed by atoms with Crippen LogP contribution in [0.15, 0.2) is 109 Å². The molecule has 0 saturated carbocycles. The smallest absolute Gasteiger partial charge is 0.339 e. The monoisotopic (exact) mass is 540 g/mol. The first-order valence-electron chi connectivity index (χ1n) is 13.5.